The fourth-order valence-electron chi connectivity index (χ4n) is 1.46. The Bertz CT molecular complexity index is 406. The van der Waals surface area contributed by atoms with E-state index in [0.717, 1.165) is 6.42 Å². The second-order valence-corrected chi connectivity index (χ2v) is 4.36. The van der Waals surface area contributed by atoms with E-state index in [-0.39, 0.29) is 17.6 Å². The summed E-state index contributed by atoms with van der Waals surface area (Å²) in [4.78, 5) is 11.8. The molecule has 94 valence electrons. The van der Waals surface area contributed by atoms with Gasteiger partial charge in [0, 0.05) is 5.69 Å². The van der Waals surface area contributed by atoms with Crippen molar-refractivity contribution in [3.8, 4) is 0 Å². The van der Waals surface area contributed by atoms with Crippen LogP contribution >= 0.6 is 0 Å². The monoisotopic (exact) mass is 238 g/mol. The maximum Gasteiger partial charge on any atom is 0.241 e. The zero-order valence-electron chi connectivity index (χ0n) is 10.5. The van der Waals surface area contributed by atoms with Gasteiger partial charge in [-0.05, 0) is 36.6 Å². The number of rotatable bonds is 4. The van der Waals surface area contributed by atoms with Gasteiger partial charge in [-0.3, -0.25) is 4.79 Å². The summed E-state index contributed by atoms with van der Waals surface area (Å²) in [5.41, 5.74) is 6.88. The summed E-state index contributed by atoms with van der Waals surface area (Å²) < 4.78 is 13.0. The Morgan fingerprint density at radius 3 is 2.71 bits per heavy atom. The van der Waals surface area contributed by atoms with Gasteiger partial charge < -0.3 is 11.1 Å². The molecule has 0 spiro atoms. The van der Waals surface area contributed by atoms with Crippen LogP contribution in [0.4, 0.5) is 10.1 Å². The number of carbonyl (C=O) groups is 1. The summed E-state index contributed by atoms with van der Waals surface area (Å²) in [5.74, 6) is -0.392. The van der Waals surface area contributed by atoms with Crippen LogP contribution in [0.2, 0.25) is 0 Å². The lowest BCUT2D eigenvalue weighted by Gasteiger charge is -2.17. The van der Waals surface area contributed by atoms with Gasteiger partial charge >= 0.3 is 0 Å². The average Bonchev–Trinajstić information content (AvgIpc) is 2.31. The number of hydrogen-bond donors (Lipinski definition) is 2. The molecule has 0 aliphatic carbocycles. The van der Waals surface area contributed by atoms with Gasteiger partial charge in [0.1, 0.15) is 5.82 Å². The van der Waals surface area contributed by atoms with Crippen molar-refractivity contribution in [3.63, 3.8) is 0 Å². The third kappa shape index (κ3) is 3.53. The van der Waals surface area contributed by atoms with Gasteiger partial charge in [-0.25, -0.2) is 4.39 Å². The highest BCUT2D eigenvalue weighted by atomic mass is 19.1. The van der Waals surface area contributed by atoms with Crippen molar-refractivity contribution in [2.45, 2.75) is 33.2 Å². The van der Waals surface area contributed by atoms with Gasteiger partial charge in [0.05, 0.1) is 6.04 Å². The molecule has 1 amide bonds. The third-order valence-corrected chi connectivity index (χ3v) is 2.99. The van der Waals surface area contributed by atoms with E-state index in [1.54, 1.807) is 13.0 Å². The third-order valence-electron chi connectivity index (χ3n) is 2.99. The Morgan fingerprint density at radius 1 is 1.53 bits per heavy atom. The normalized spacial score (nSPS) is 14.2. The second-order valence-electron chi connectivity index (χ2n) is 4.36. The Labute approximate surface area is 101 Å². The molecular weight excluding hydrogens is 219 g/mol. The first-order valence-electron chi connectivity index (χ1n) is 5.78. The molecule has 3 N–H and O–H groups in total. The zero-order valence-corrected chi connectivity index (χ0v) is 10.5. The van der Waals surface area contributed by atoms with Gasteiger partial charge in [-0.1, -0.05) is 20.3 Å². The van der Waals surface area contributed by atoms with Crippen LogP contribution in [0.1, 0.15) is 25.8 Å². The molecule has 0 fully saturated rings. The highest BCUT2D eigenvalue weighted by Crippen LogP contribution is 2.15. The largest absolute Gasteiger partial charge is 0.325 e. The molecule has 1 unspecified atom stereocenters. The molecule has 0 radical (unpaired) electrons. The van der Waals surface area contributed by atoms with Crippen molar-refractivity contribution in [1.82, 2.24) is 0 Å². The quantitative estimate of drug-likeness (QED) is 0.846. The Morgan fingerprint density at radius 2 is 2.18 bits per heavy atom. The summed E-state index contributed by atoms with van der Waals surface area (Å²) >= 11 is 0. The summed E-state index contributed by atoms with van der Waals surface area (Å²) in [6.07, 6.45) is 0.844. The summed E-state index contributed by atoms with van der Waals surface area (Å²) in [6.45, 7) is 5.57. The predicted octanol–water partition coefficient (Wildman–Crippen LogP) is 2.45. The minimum atomic E-state index is -0.537. The van der Waals surface area contributed by atoms with E-state index >= 15 is 0 Å². The number of aryl methyl sites for hydroxylation is 1. The van der Waals surface area contributed by atoms with Gasteiger partial charge in [-0.2, -0.15) is 0 Å². The topological polar surface area (TPSA) is 55.1 Å². The van der Waals surface area contributed by atoms with Gasteiger partial charge in [-0.15, -0.1) is 0 Å². The number of nitrogens with one attached hydrogen (secondary N) is 1. The molecule has 0 saturated heterocycles. The zero-order chi connectivity index (χ0) is 13.0. The van der Waals surface area contributed by atoms with Crippen LogP contribution in [-0.2, 0) is 4.79 Å². The first kappa shape index (κ1) is 13.6. The molecular formula is C13H19FN2O. The van der Waals surface area contributed by atoms with Crippen LogP contribution in [0.15, 0.2) is 18.2 Å². The molecule has 0 aliphatic rings. The lowest BCUT2D eigenvalue weighted by molar-refractivity contribution is -0.118. The molecule has 1 aromatic rings. The summed E-state index contributed by atoms with van der Waals surface area (Å²) in [6, 6.07) is 3.92. The van der Waals surface area contributed by atoms with E-state index < -0.39 is 6.04 Å². The van der Waals surface area contributed by atoms with Crippen molar-refractivity contribution < 1.29 is 9.18 Å². The highest BCUT2D eigenvalue weighted by molar-refractivity contribution is 5.94. The van der Waals surface area contributed by atoms with Crippen LogP contribution in [0.25, 0.3) is 0 Å². The summed E-state index contributed by atoms with van der Waals surface area (Å²) in [5, 5.41) is 2.69. The fourth-order valence-corrected chi connectivity index (χ4v) is 1.46. The minimum absolute atomic E-state index is 0.122. The number of halogens is 1. The first-order chi connectivity index (χ1) is 7.95. The van der Waals surface area contributed by atoms with Crippen molar-refractivity contribution >= 4 is 11.6 Å². The molecule has 0 heterocycles. The van der Waals surface area contributed by atoms with Crippen LogP contribution in [0.3, 0.4) is 0 Å². The van der Waals surface area contributed by atoms with Crippen LogP contribution in [0.5, 0.6) is 0 Å². The maximum atomic E-state index is 13.0. The second kappa shape index (κ2) is 5.77. The predicted molar refractivity (Wildman–Crippen MR) is 67.2 cm³/mol. The minimum Gasteiger partial charge on any atom is -0.325 e. The van der Waals surface area contributed by atoms with Gasteiger partial charge in [0.15, 0.2) is 0 Å². The number of carbonyl (C=O) groups excluding carboxylic acids is 1. The van der Waals surface area contributed by atoms with Crippen LogP contribution < -0.4 is 11.1 Å². The standard InChI is InChI=1S/C13H19FN2O/c1-4-8(2)12(15)13(17)16-10-5-6-11(14)9(3)7-10/h5-8,12H,4,15H2,1-3H3,(H,16,17)/t8?,12-/m0/s1. The molecule has 17 heavy (non-hydrogen) atoms. The van der Waals surface area contributed by atoms with Crippen molar-refractivity contribution in [3.05, 3.63) is 29.6 Å². The number of anilines is 1. The number of amides is 1. The Kier molecular flexibility index (Phi) is 4.63. The van der Waals surface area contributed by atoms with E-state index in [1.165, 1.54) is 12.1 Å². The van der Waals surface area contributed by atoms with E-state index in [4.69, 9.17) is 5.73 Å². The Balaban J connectivity index is 2.71. The van der Waals surface area contributed by atoms with Gasteiger partial charge in [0.25, 0.3) is 0 Å². The van der Waals surface area contributed by atoms with Crippen LogP contribution in [0, 0.1) is 18.7 Å². The summed E-state index contributed by atoms with van der Waals surface area (Å²) in [7, 11) is 0. The number of benzene rings is 1. The molecule has 0 bridgehead atoms. The number of nitrogens with two attached hydrogens (primary N) is 1. The molecule has 1 rings (SSSR count). The Hall–Kier alpha value is -1.42. The van der Waals surface area contributed by atoms with E-state index in [9.17, 15) is 9.18 Å². The first-order valence-corrected chi connectivity index (χ1v) is 5.78. The van der Waals surface area contributed by atoms with Crippen LogP contribution in [-0.4, -0.2) is 11.9 Å². The average molecular weight is 238 g/mol. The van der Waals surface area contributed by atoms with Crippen molar-refractivity contribution in [2.24, 2.45) is 11.7 Å². The molecule has 4 heteroatoms. The van der Waals surface area contributed by atoms with Crippen molar-refractivity contribution in [2.75, 3.05) is 5.32 Å². The lowest BCUT2D eigenvalue weighted by Crippen LogP contribution is -2.40. The molecule has 3 nitrogen and oxygen atoms in total. The molecule has 0 aliphatic heterocycles. The van der Waals surface area contributed by atoms with E-state index in [2.05, 4.69) is 5.32 Å². The smallest absolute Gasteiger partial charge is 0.241 e. The fraction of sp³-hybridized carbons (Fsp3) is 0.462. The molecule has 0 saturated carbocycles. The lowest BCUT2D eigenvalue weighted by atomic mass is 9.99. The van der Waals surface area contributed by atoms with Gasteiger partial charge in [0.2, 0.25) is 5.91 Å². The van der Waals surface area contributed by atoms with E-state index in [0.29, 0.717) is 11.3 Å². The number of hydrogen-bond acceptors (Lipinski definition) is 2. The molecule has 2 atom stereocenters. The highest BCUT2D eigenvalue weighted by Gasteiger charge is 2.19. The van der Waals surface area contributed by atoms with Crippen molar-refractivity contribution in [1.29, 1.82) is 0 Å². The maximum absolute atomic E-state index is 13.0. The SMILES string of the molecule is CCC(C)[C@H](N)C(=O)Nc1ccc(F)c(C)c1. The molecule has 0 aromatic heterocycles. The van der Waals surface area contributed by atoms with E-state index in [1.807, 2.05) is 13.8 Å². The molecule has 1 aromatic carbocycles.